The molecule has 0 radical (unpaired) electrons. The Balaban J connectivity index is 0.00000121. The van der Waals surface area contributed by atoms with Gasteiger partial charge < -0.3 is 24.8 Å². The molecule has 2 saturated carbocycles. The van der Waals surface area contributed by atoms with Crippen molar-refractivity contribution in [1.29, 1.82) is 0 Å². The second-order valence-corrected chi connectivity index (χ2v) is 26.4. The average molecular weight is 487 g/mol. The summed E-state index contributed by atoms with van der Waals surface area (Å²) in [5.41, 5.74) is 3.18. The first-order valence-corrected chi connectivity index (χ1v) is 18.8. The summed E-state index contributed by atoms with van der Waals surface area (Å²) in [6.45, 7) is 10.1. The van der Waals surface area contributed by atoms with Crippen LogP contribution in [-0.4, -0.2) is 5.43 Å². The van der Waals surface area contributed by atoms with Gasteiger partial charge in [0.2, 0.25) is 0 Å². The molecule has 0 aromatic carbocycles. The minimum absolute atomic E-state index is 0. The largest absolute Gasteiger partial charge is 1.00 e. The summed E-state index contributed by atoms with van der Waals surface area (Å²) < 4.78 is 3.13. The smallest absolute Gasteiger partial charge is 1.00 e. The van der Waals surface area contributed by atoms with Crippen LogP contribution in [0.25, 0.3) is 0 Å². The van der Waals surface area contributed by atoms with E-state index < -0.39 is 20.4 Å². The van der Waals surface area contributed by atoms with Crippen molar-refractivity contribution in [1.82, 2.24) is 0 Å². The predicted octanol–water partition coefficient (Wildman–Crippen LogP) is 0.455. The van der Waals surface area contributed by atoms with Crippen molar-refractivity contribution in [3.05, 3.63) is 44.8 Å². The number of fused-ring (bicyclic) bond motifs is 3. The Hall–Kier alpha value is 0.640. The van der Waals surface area contributed by atoms with Gasteiger partial charge in [-0.1, -0.05) is 0 Å². The van der Waals surface area contributed by atoms with E-state index in [1.807, 2.05) is 3.28 Å². The summed E-state index contributed by atoms with van der Waals surface area (Å²) in [4.78, 5) is 0. The molecule has 0 amide bonds. The van der Waals surface area contributed by atoms with E-state index in [-0.39, 0.29) is 30.2 Å². The monoisotopic (exact) mass is 484 g/mol. The third kappa shape index (κ3) is 3.87. The number of halogens is 2. The molecule has 5 unspecified atom stereocenters. The zero-order chi connectivity index (χ0) is 16.8. The van der Waals surface area contributed by atoms with E-state index in [1.165, 1.54) is 25.7 Å². The molecule has 4 rings (SSSR count). The van der Waals surface area contributed by atoms with Gasteiger partial charge in [-0.15, -0.1) is 0 Å². The predicted molar refractivity (Wildman–Crippen MR) is 103 cm³/mol. The van der Waals surface area contributed by atoms with Gasteiger partial charge in [-0.2, -0.15) is 0 Å². The minimum atomic E-state index is -1.57. The Morgan fingerprint density at radius 3 is 2.12 bits per heavy atom. The molecule has 4 aliphatic carbocycles. The van der Waals surface area contributed by atoms with Crippen molar-refractivity contribution in [2.24, 2.45) is 23.7 Å². The topological polar surface area (TPSA) is 0 Å². The van der Waals surface area contributed by atoms with Crippen molar-refractivity contribution in [2.75, 3.05) is 0 Å². The standard InChI is InChI=1S/C13H17.C7H9.C2H6Si.2ClH.Zr/c1-3-7-12-10(5-1)9-11-6-2-4-8-13(11)12;1-6-4-3-5-7(6)2;1-3-2;;;/h1,3,5,7,9-13H,2,4,6,8H2;4H,3H2,1-2H3;1-2H3;2*1H;/q;;;;;+2/p-2. The summed E-state index contributed by atoms with van der Waals surface area (Å²) in [5.74, 6) is 3.87. The van der Waals surface area contributed by atoms with Crippen LogP contribution >= 0.6 is 0 Å². The maximum Gasteiger partial charge on any atom is -1.00 e. The molecule has 142 valence electrons. The van der Waals surface area contributed by atoms with Crippen molar-refractivity contribution in [3.8, 4) is 0 Å². The third-order valence-electron chi connectivity index (χ3n) is 7.32. The molecule has 26 heavy (non-hydrogen) atoms. The Bertz CT molecular complexity index is 697. The van der Waals surface area contributed by atoms with Crippen LogP contribution in [0.5, 0.6) is 0 Å². The summed E-state index contributed by atoms with van der Waals surface area (Å²) in [5, 5.41) is 0. The molecule has 4 aliphatic rings. The SMILES string of the molecule is CC1=CC[C]([Zr+2]([CH]2C3C=CC=CC3C3CCCCC32)=[Si](C)C)=C1C.[Cl-].[Cl-]. The van der Waals surface area contributed by atoms with Crippen molar-refractivity contribution >= 4 is 5.43 Å². The number of allylic oxidation sites excluding steroid dienone is 8. The van der Waals surface area contributed by atoms with Crippen LogP contribution in [0.4, 0.5) is 0 Å². The third-order valence-corrected chi connectivity index (χ3v) is 26.8. The minimum Gasteiger partial charge on any atom is -1.00 e. The second kappa shape index (κ2) is 9.43. The maximum absolute atomic E-state index is 2.67. The zero-order valence-electron chi connectivity index (χ0n) is 16.6. The van der Waals surface area contributed by atoms with Crippen LogP contribution < -0.4 is 24.8 Å². The van der Waals surface area contributed by atoms with Crippen LogP contribution in [0.3, 0.4) is 0 Å². The molecule has 0 nitrogen and oxygen atoms in total. The zero-order valence-corrected chi connectivity index (χ0v) is 21.5. The number of hydrogen-bond acceptors (Lipinski definition) is 0. The molecule has 0 heterocycles. The normalized spacial score (nSPS) is 34.1. The van der Waals surface area contributed by atoms with Crippen molar-refractivity contribution < 1.29 is 45.2 Å². The van der Waals surface area contributed by atoms with E-state index in [2.05, 4.69) is 57.3 Å². The molecule has 0 aromatic heterocycles. The fourth-order valence-electron chi connectivity index (χ4n) is 6.18. The second-order valence-electron chi connectivity index (χ2n) is 8.67. The molecule has 0 aromatic rings. The van der Waals surface area contributed by atoms with Gasteiger partial charge in [-0.25, -0.2) is 0 Å². The van der Waals surface area contributed by atoms with Gasteiger partial charge in [-0.05, 0) is 0 Å². The quantitative estimate of drug-likeness (QED) is 0.498. The first-order chi connectivity index (χ1) is 11.6. The molecule has 0 spiro atoms. The van der Waals surface area contributed by atoms with Crippen molar-refractivity contribution in [3.63, 3.8) is 0 Å². The van der Waals surface area contributed by atoms with Crippen LogP contribution in [0, 0.1) is 23.7 Å². The average Bonchev–Trinajstić information content (AvgIpc) is 3.08. The fraction of sp³-hybridized carbons (Fsp3) is 0.636. The van der Waals surface area contributed by atoms with Gasteiger partial charge in [0.25, 0.3) is 0 Å². The van der Waals surface area contributed by atoms with Crippen molar-refractivity contribution in [2.45, 2.75) is 62.7 Å². The van der Waals surface area contributed by atoms with Gasteiger partial charge in [0.1, 0.15) is 0 Å². The summed E-state index contributed by atoms with van der Waals surface area (Å²) >= 11 is -1.57. The summed E-state index contributed by atoms with van der Waals surface area (Å²) in [7, 11) is 0. The van der Waals surface area contributed by atoms with Crippen LogP contribution in [-0.2, 0) is 20.4 Å². The van der Waals surface area contributed by atoms with E-state index >= 15 is 0 Å². The Morgan fingerprint density at radius 1 is 0.923 bits per heavy atom. The molecule has 0 N–H and O–H groups in total. The molecule has 0 saturated heterocycles. The van der Waals surface area contributed by atoms with Gasteiger partial charge in [0.15, 0.2) is 0 Å². The van der Waals surface area contributed by atoms with E-state index in [0.29, 0.717) is 0 Å². The molecular formula is C22H32Cl2SiZr. The number of hydrogen-bond donors (Lipinski definition) is 0. The van der Waals surface area contributed by atoms with Crippen LogP contribution in [0.2, 0.25) is 16.7 Å². The van der Waals surface area contributed by atoms with E-state index in [4.69, 9.17) is 0 Å². The van der Waals surface area contributed by atoms with E-state index in [1.54, 1.807) is 17.6 Å². The molecule has 4 heteroatoms. The fourth-order valence-corrected chi connectivity index (χ4v) is 28.0. The molecular weight excluding hydrogens is 454 g/mol. The first-order valence-electron chi connectivity index (χ1n) is 9.99. The molecule has 5 atom stereocenters. The molecule has 2 fully saturated rings. The van der Waals surface area contributed by atoms with Crippen LogP contribution in [0.1, 0.15) is 46.0 Å². The maximum atomic E-state index is 2.67. The van der Waals surface area contributed by atoms with Gasteiger partial charge in [0, 0.05) is 0 Å². The van der Waals surface area contributed by atoms with Gasteiger partial charge >= 0.3 is 157 Å². The summed E-state index contributed by atoms with van der Waals surface area (Å²) in [6, 6.07) is 0. The molecule has 0 aliphatic heterocycles. The van der Waals surface area contributed by atoms with Gasteiger partial charge in [0.05, 0.1) is 0 Å². The summed E-state index contributed by atoms with van der Waals surface area (Å²) in [6.07, 6.45) is 19.9. The van der Waals surface area contributed by atoms with Crippen LogP contribution in [0.15, 0.2) is 44.8 Å². The van der Waals surface area contributed by atoms with E-state index in [0.717, 1.165) is 27.3 Å². The van der Waals surface area contributed by atoms with E-state index in [9.17, 15) is 0 Å². The number of rotatable bonds is 2. The molecule has 0 bridgehead atoms. The Morgan fingerprint density at radius 2 is 1.54 bits per heavy atom. The van der Waals surface area contributed by atoms with Gasteiger partial charge in [-0.3, -0.25) is 0 Å². The Kier molecular flexibility index (Phi) is 8.31. The Labute approximate surface area is 180 Å². The first kappa shape index (κ1) is 22.9.